The van der Waals surface area contributed by atoms with Crippen molar-refractivity contribution in [3.8, 4) is 0 Å². The van der Waals surface area contributed by atoms with Gasteiger partial charge < -0.3 is 19.5 Å². The largest absolute Gasteiger partial charge is 0.381 e. The molecule has 0 radical (unpaired) electrons. The Morgan fingerprint density at radius 1 is 1.35 bits per heavy atom. The molecule has 1 aromatic heterocycles. The van der Waals surface area contributed by atoms with Crippen molar-refractivity contribution in [3.63, 3.8) is 0 Å². The Morgan fingerprint density at radius 2 is 2.12 bits per heavy atom. The van der Waals surface area contributed by atoms with E-state index in [1.165, 1.54) is 6.07 Å². The van der Waals surface area contributed by atoms with Crippen molar-refractivity contribution in [2.75, 3.05) is 31.6 Å². The van der Waals surface area contributed by atoms with Gasteiger partial charge in [-0.25, -0.2) is 9.18 Å². The van der Waals surface area contributed by atoms with Crippen molar-refractivity contribution in [2.24, 2.45) is 5.41 Å². The second kappa shape index (κ2) is 6.68. The molecule has 1 aromatic carbocycles. The number of nitrogens with one attached hydrogen (secondary N) is 1. The van der Waals surface area contributed by atoms with Crippen LogP contribution in [0.3, 0.4) is 0 Å². The zero-order chi connectivity index (χ0) is 18.1. The van der Waals surface area contributed by atoms with Gasteiger partial charge in [0.15, 0.2) is 5.82 Å². The van der Waals surface area contributed by atoms with Gasteiger partial charge in [-0.1, -0.05) is 17.3 Å². The molecule has 3 heterocycles. The summed E-state index contributed by atoms with van der Waals surface area (Å²) in [5.74, 6) is 0.644. The predicted octanol–water partition coefficient (Wildman–Crippen LogP) is 2.95. The summed E-state index contributed by atoms with van der Waals surface area (Å²) in [6, 6.07) is 5.83. The second-order valence-corrected chi connectivity index (χ2v) is 7.00. The molecule has 8 heteroatoms. The van der Waals surface area contributed by atoms with Gasteiger partial charge in [0.05, 0.1) is 11.6 Å². The first-order valence-electron chi connectivity index (χ1n) is 8.76. The summed E-state index contributed by atoms with van der Waals surface area (Å²) in [7, 11) is 0. The molecular weight excluding hydrogens is 339 g/mol. The second-order valence-electron chi connectivity index (χ2n) is 7.00. The number of anilines is 1. The van der Waals surface area contributed by atoms with Crippen LogP contribution in [-0.4, -0.2) is 47.4 Å². The summed E-state index contributed by atoms with van der Waals surface area (Å²) in [5, 5.41) is 6.57. The van der Waals surface area contributed by atoms with Gasteiger partial charge in [0, 0.05) is 31.7 Å². The smallest absolute Gasteiger partial charge is 0.321 e. The Hall–Kier alpha value is -2.48. The Morgan fingerprint density at radius 3 is 2.81 bits per heavy atom. The molecule has 2 amide bonds. The minimum Gasteiger partial charge on any atom is -0.381 e. The van der Waals surface area contributed by atoms with Crippen LogP contribution in [0.5, 0.6) is 0 Å². The van der Waals surface area contributed by atoms with Crippen molar-refractivity contribution in [1.29, 1.82) is 0 Å². The first-order chi connectivity index (χ1) is 12.6. The number of hydrogen-bond acceptors (Lipinski definition) is 5. The number of nitrogens with zero attached hydrogens (tertiary/aromatic N) is 3. The molecule has 0 aliphatic carbocycles. The average Bonchev–Trinajstić information content (AvgIpc) is 3.22. The zero-order valence-corrected chi connectivity index (χ0v) is 14.6. The molecule has 4 rings (SSSR count). The van der Waals surface area contributed by atoms with E-state index in [0.29, 0.717) is 38.0 Å². The highest BCUT2D eigenvalue weighted by Gasteiger charge is 2.51. The number of urea groups is 1. The van der Waals surface area contributed by atoms with Crippen molar-refractivity contribution in [3.05, 3.63) is 41.8 Å². The number of halogens is 1. The van der Waals surface area contributed by atoms with Gasteiger partial charge >= 0.3 is 6.03 Å². The molecule has 1 atom stereocenters. The van der Waals surface area contributed by atoms with Gasteiger partial charge in [-0.2, -0.15) is 4.98 Å². The molecule has 0 saturated carbocycles. The van der Waals surface area contributed by atoms with Crippen molar-refractivity contribution in [2.45, 2.75) is 25.7 Å². The lowest BCUT2D eigenvalue weighted by Gasteiger charge is -2.36. The van der Waals surface area contributed by atoms with Crippen LogP contribution in [-0.2, 0) is 4.74 Å². The third-order valence-corrected chi connectivity index (χ3v) is 5.38. The number of carbonyl (C=O) groups is 1. The van der Waals surface area contributed by atoms with Crippen LogP contribution in [0.15, 0.2) is 28.8 Å². The van der Waals surface area contributed by atoms with E-state index in [0.717, 1.165) is 12.8 Å². The maximum absolute atomic E-state index is 13.8. The number of carbonyl (C=O) groups excluding carboxylic acids is 1. The van der Waals surface area contributed by atoms with Crippen LogP contribution in [0, 0.1) is 18.2 Å². The van der Waals surface area contributed by atoms with E-state index in [1.54, 1.807) is 30.0 Å². The van der Waals surface area contributed by atoms with Gasteiger partial charge in [0.25, 0.3) is 0 Å². The summed E-state index contributed by atoms with van der Waals surface area (Å²) < 4.78 is 24.8. The number of aryl methyl sites for hydroxylation is 1. The van der Waals surface area contributed by atoms with Crippen LogP contribution in [0.1, 0.15) is 30.5 Å². The third-order valence-electron chi connectivity index (χ3n) is 5.38. The fourth-order valence-electron chi connectivity index (χ4n) is 3.96. The maximum atomic E-state index is 13.8. The van der Waals surface area contributed by atoms with Crippen LogP contribution in [0.25, 0.3) is 0 Å². The molecule has 26 heavy (non-hydrogen) atoms. The number of hydrogen-bond donors (Lipinski definition) is 1. The van der Waals surface area contributed by atoms with Gasteiger partial charge in [-0.05, 0) is 31.9 Å². The molecule has 2 saturated heterocycles. The molecule has 2 aliphatic heterocycles. The van der Waals surface area contributed by atoms with Gasteiger partial charge in [0.1, 0.15) is 5.82 Å². The summed E-state index contributed by atoms with van der Waals surface area (Å²) in [4.78, 5) is 18.8. The highest BCUT2D eigenvalue weighted by molar-refractivity contribution is 5.89. The number of benzene rings is 1. The minimum atomic E-state index is -0.454. The molecule has 0 bridgehead atoms. The van der Waals surface area contributed by atoms with Crippen molar-refractivity contribution < 1.29 is 18.4 Å². The number of likely N-dealkylation sites (tertiary alicyclic amines) is 1. The molecule has 138 valence electrons. The SMILES string of the molecule is Cc1noc([C@@H]2CN(C(=O)Nc3ccccc3F)CC23CCOCC3)n1. The summed E-state index contributed by atoms with van der Waals surface area (Å²) in [5.41, 5.74) is 0.0275. The summed E-state index contributed by atoms with van der Waals surface area (Å²) in [6.45, 7) is 4.09. The average molecular weight is 360 g/mol. The maximum Gasteiger partial charge on any atom is 0.321 e. The van der Waals surface area contributed by atoms with Crippen LogP contribution in [0.4, 0.5) is 14.9 Å². The third kappa shape index (κ3) is 3.05. The van der Waals surface area contributed by atoms with Crippen molar-refractivity contribution >= 4 is 11.7 Å². The zero-order valence-electron chi connectivity index (χ0n) is 14.6. The molecule has 2 aliphatic rings. The lowest BCUT2D eigenvalue weighted by atomic mass is 9.72. The molecule has 1 N–H and O–H groups in total. The van der Waals surface area contributed by atoms with E-state index in [4.69, 9.17) is 9.26 Å². The number of rotatable bonds is 2. The van der Waals surface area contributed by atoms with E-state index in [9.17, 15) is 9.18 Å². The normalized spacial score (nSPS) is 21.9. The van der Waals surface area contributed by atoms with Gasteiger partial charge in [-0.3, -0.25) is 0 Å². The Labute approximate surface area is 150 Å². The molecule has 0 unspecified atom stereocenters. The molecule has 1 spiro atoms. The highest BCUT2D eigenvalue weighted by Crippen LogP contribution is 2.49. The van der Waals surface area contributed by atoms with Crippen LogP contribution < -0.4 is 5.32 Å². The number of para-hydroxylation sites is 1. The van der Waals surface area contributed by atoms with Gasteiger partial charge in [-0.15, -0.1) is 0 Å². The molecule has 2 fully saturated rings. The molecular formula is C18H21FN4O3. The number of amides is 2. The minimum absolute atomic E-state index is 0.0426. The van der Waals surface area contributed by atoms with Crippen molar-refractivity contribution in [1.82, 2.24) is 15.0 Å². The van der Waals surface area contributed by atoms with E-state index in [2.05, 4.69) is 15.5 Å². The first-order valence-corrected chi connectivity index (χ1v) is 8.76. The summed E-state index contributed by atoms with van der Waals surface area (Å²) in [6.07, 6.45) is 1.64. The lowest BCUT2D eigenvalue weighted by molar-refractivity contribution is 0.00959. The van der Waals surface area contributed by atoms with E-state index in [-0.39, 0.29) is 23.1 Å². The van der Waals surface area contributed by atoms with E-state index in [1.807, 2.05) is 0 Å². The predicted molar refractivity (Wildman–Crippen MR) is 91.3 cm³/mol. The molecule has 7 nitrogen and oxygen atoms in total. The fraction of sp³-hybridized carbons (Fsp3) is 0.500. The highest BCUT2D eigenvalue weighted by atomic mass is 19.1. The van der Waals surface area contributed by atoms with Crippen LogP contribution >= 0.6 is 0 Å². The van der Waals surface area contributed by atoms with E-state index < -0.39 is 5.82 Å². The Kier molecular flexibility index (Phi) is 4.36. The van der Waals surface area contributed by atoms with Gasteiger partial charge in [0.2, 0.25) is 5.89 Å². The number of aromatic nitrogens is 2. The fourth-order valence-corrected chi connectivity index (χ4v) is 3.96. The number of ether oxygens (including phenoxy) is 1. The standard InChI is InChI=1S/C18H21FN4O3/c1-12-20-16(26-22-12)13-10-23(11-18(13)6-8-25-9-7-18)17(24)21-15-5-3-2-4-14(15)19/h2-5,13H,6-11H2,1H3,(H,21,24)/t13-/m0/s1. The first kappa shape index (κ1) is 17.0. The Bertz CT molecular complexity index is 803. The lowest BCUT2D eigenvalue weighted by Crippen LogP contribution is -2.38. The monoisotopic (exact) mass is 360 g/mol. The topological polar surface area (TPSA) is 80.5 Å². The summed E-state index contributed by atoms with van der Waals surface area (Å²) >= 11 is 0. The quantitative estimate of drug-likeness (QED) is 0.891. The van der Waals surface area contributed by atoms with E-state index >= 15 is 0 Å². The molecule has 2 aromatic rings. The van der Waals surface area contributed by atoms with Crippen LogP contribution in [0.2, 0.25) is 0 Å². The Balaban J connectivity index is 1.56.